The van der Waals surface area contributed by atoms with Crippen LogP contribution in [0.3, 0.4) is 0 Å². The lowest BCUT2D eigenvalue weighted by Crippen LogP contribution is -2.14. The highest BCUT2D eigenvalue weighted by Crippen LogP contribution is 2.25. The standard InChI is InChI=1S/C15H16N2O2/c1-9-3-5-12(16)11(7-9)15(19)17-13-8-10(2)4-6-14(13)18/h3-8,18H,16H2,1-2H3,(H,17,19). The molecule has 0 saturated heterocycles. The Morgan fingerprint density at radius 1 is 1.11 bits per heavy atom. The van der Waals surface area contributed by atoms with E-state index in [2.05, 4.69) is 5.32 Å². The summed E-state index contributed by atoms with van der Waals surface area (Å²) in [7, 11) is 0. The van der Waals surface area contributed by atoms with E-state index in [-0.39, 0.29) is 11.7 Å². The predicted molar refractivity (Wildman–Crippen MR) is 76.4 cm³/mol. The van der Waals surface area contributed by atoms with Crippen LogP contribution in [-0.2, 0) is 0 Å². The van der Waals surface area contributed by atoms with Gasteiger partial charge in [-0.15, -0.1) is 0 Å². The number of phenolic OH excluding ortho intramolecular Hbond substituents is 1. The first kappa shape index (κ1) is 13.0. The maximum absolute atomic E-state index is 12.1. The number of aromatic hydroxyl groups is 1. The number of nitrogens with two attached hydrogens (primary N) is 1. The van der Waals surface area contributed by atoms with E-state index in [0.717, 1.165) is 11.1 Å². The number of carbonyl (C=O) groups is 1. The Morgan fingerprint density at radius 2 is 1.74 bits per heavy atom. The van der Waals surface area contributed by atoms with Gasteiger partial charge in [-0.1, -0.05) is 17.7 Å². The first-order valence-corrected chi connectivity index (χ1v) is 5.94. The van der Waals surface area contributed by atoms with Gasteiger partial charge in [0.15, 0.2) is 0 Å². The van der Waals surface area contributed by atoms with Crippen molar-refractivity contribution in [3.05, 3.63) is 53.1 Å². The van der Waals surface area contributed by atoms with Crippen LogP contribution in [-0.4, -0.2) is 11.0 Å². The van der Waals surface area contributed by atoms with Gasteiger partial charge >= 0.3 is 0 Å². The maximum atomic E-state index is 12.1. The number of nitrogen functional groups attached to an aromatic ring is 1. The van der Waals surface area contributed by atoms with E-state index in [0.29, 0.717) is 16.9 Å². The number of hydrogen-bond donors (Lipinski definition) is 3. The summed E-state index contributed by atoms with van der Waals surface area (Å²) in [6.45, 7) is 3.77. The number of nitrogens with one attached hydrogen (secondary N) is 1. The van der Waals surface area contributed by atoms with Gasteiger partial charge in [0.1, 0.15) is 5.75 Å². The predicted octanol–water partition coefficient (Wildman–Crippen LogP) is 2.84. The summed E-state index contributed by atoms with van der Waals surface area (Å²) in [6, 6.07) is 10.3. The Kier molecular flexibility index (Phi) is 3.42. The van der Waals surface area contributed by atoms with Crippen molar-refractivity contribution in [1.29, 1.82) is 0 Å². The second kappa shape index (κ2) is 5.02. The van der Waals surface area contributed by atoms with E-state index in [9.17, 15) is 9.90 Å². The molecule has 2 aromatic rings. The van der Waals surface area contributed by atoms with Crippen LogP contribution in [0.15, 0.2) is 36.4 Å². The van der Waals surface area contributed by atoms with Gasteiger partial charge in [0, 0.05) is 5.69 Å². The number of rotatable bonds is 2. The minimum atomic E-state index is -0.331. The molecule has 1 amide bonds. The molecule has 0 radical (unpaired) electrons. The largest absolute Gasteiger partial charge is 0.506 e. The van der Waals surface area contributed by atoms with Crippen molar-refractivity contribution in [2.45, 2.75) is 13.8 Å². The fraction of sp³-hybridized carbons (Fsp3) is 0.133. The Balaban J connectivity index is 2.30. The van der Waals surface area contributed by atoms with Gasteiger partial charge in [-0.25, -0.2) is 0 Å². The van der Waals surface area contributed by atoms with Crippen molar-refractivity contribution in [3.63, 3.8) is 0 Å². The molecule has 0 aliphatic rings. The lowest BCUT2D eigenvalue weighted by molar-refractivity contribution is 0.102. The number of aryl methyl sites for hydroxylation is 2. The highest BCUT2D eigenvalue weighted by molar-refractivity contribution is 6.08. The van der Waals surface area contributed by atoms with Crippen LogP contribution < -0.4 is 11.1 Å². The van der Waals surface area contributed by atoms with Crippen LogP contribution >= 0.6 is 0 Å². The molecule has 0 aliphatic carbocycles. The van der Waals surface area contributed by atoms with Gasteiger partial charge in [-0.05, 0) is 43.7 Å². The number of hydrogen-bond acceptors (Lipinski definition) is 3. The smallest absolute Gasteiger partial charge is 0.257 e. The van der Waals surface area contributed by atoms with Crippen LogP contribution in [0.1, 0.15) is 21.5 Å². The number of benzene rings is 2. The summed E-state index contributed by atoms with van der Waals surface area (Å²) in [5.41, 5.74) is 8.89. The van der Waals surface area contributed by atoms with Crippen LogP contribution in [0, 0.1) is 13.8 Å². The average Bonchev–Trinajstić information content (AvgIpc) is 2.36. The highest BCUT2D eigenvalue weighted by Gasteiger charge is 2.12. The quantitative estimate of drug-likeness (QED) is 0.571. The first-order chi connectivity index (χ1) is 8.97. The molecule has 0 aromatic heterocycles. The van der Waals surface area contributed by atoms with Crippen molar-refractivity contribution in [3.8, 4) is 5.75 Å². The fourth-order valence-electron chi connectivity index (χ4n) is 1.81. The zero-order valence-electron chi connectivity index (χ0n) is 10.9. The zero-order chi connectivity index (χ0) is 14.0. The molecule has 0 saturated carbocycles. The van der Waals surface area contributed by atoms with E-state index in [1.165, 1.54) is 0 Å². The second-order valence-electron chi connectivity index (χ2n) is 4.57. The zero-order valence-corrected chi connectivity index (χ0v) is 10.9. The summed E-state index contributed by atoms with van der Waals surface area (Å²) in [4.78, 5) is 12.1. The molecule has 0 heterocycles. The first-order valence-electron chi connectivity index (χ1n) is 5.94. The third kappa shape index (κ3) is 2.85. The topological polar surface area (TPSA) is 75.3 Å². The number of phenols is 1. The molecule has 2 aromatic carbocycles. The molecular formula is C15H16N2O2. The van der Waals surface area contributed by atoms with Crippen LogP contribution in [0.4, 0.5) is 11.4 Å². The van der Waals surface area contributed by atoms with Crippen LogP contribution in [0.2, 0.25) is 0 Å². The Hall–Kier alpha value is -2.49. The molecule has 4 N–H and O–H groups in total. The molecule has 0 bridgehead atoms. The third-order valence-corrected chi connectivity index (χ3v) is 2.85. The number of carbonyl (C=O) groups excluding carboxylic acids is 1. The highest BCUT2D eigenvalue weighted by atomic mass is 16.3. The van der Waals surface area contributed by atoms with Gasteiger partial charge in [-0.3, -0.25) is 4.79 Å². The van der Waals surface area contributed by atoms with Crippen LogP contribution in [0.25, 0.3) is 0 Å². The van der Waals surface area contributed by atoms with Crippen molar-refractivity contribution in [1.82, 2.24) is 0 Å². The van der Waals surface area contributed by atoms with Crippen molar-refractivity contribution < 1.29 is 9.90 Å². The molecular weight excluding hydrogens is 240 g/mol. The minimum absolute atomic E-state index is 0.0326. The summed E-state index contributed by atoms with van der Waals surface area (Å²) in [6.07, 6.45) is 0. The number of anilines is 2. The van der Waals surface area contributed by atoms with E-state index in [1.807, 2.05) is 19.9 Å². The van der Waals surface area contributed by atoms with Gasteiger partial charge in [0.05, 0.1) is 11.3 Å². The molecule has 19 heavy (non-hydrogen) atoms. The Labute approximate surface area is 111 Å². The van der Waals surface area contributed by atoms with Crippen LogP contribution in [0.5, 0.6) is 5.75 Å². The Bertz CT molecular complexity index is 636. The van der Waals surface area contributed by atoms with Crippen molar-refractivity contribution in [2.75, 3.05) is 11.1 Å². The molecule has 2 rings (SSSR count). The van der Waals surface area contributed by atoms with Gasteiger partial charge in [-0.2, -0.15) is 0 Å². The average molecular weight is 256 g/mol. The third-order valence-electron chi connectivity index (χ3n) is 2.85. The van der Waals surface area contributed by atoms with Gasteiger partial charge < -0.3 is 16.2 Å². The summed E-state index contributed by atoms with van der Waals surface area (Å²) in [5, 5.41) is 12.4. The molecule has 0 unspecified atom stereocenters. The fourth-order valence-corrected chi connectivity index (χ4v) is 1.81. The maximum Gasteiger partial charge on any atom is 0.257 e. The van der Waals surface area contributed by atoms with Gasteiger partial charge in [0.25, 0.3) is 5.91 Å². The molecule has 4 heteroatoms. The van der Waals surface area contributed by atoms with Gasteiger partial charge in [0.2, 0.25) is 0 Å². The molecule has 0 fully saturated rings. The molecule has 0 spiro atoms. The normalized spacial score (nSPS) is 10.2. The van der Waals surface area contributed by atoms with E-state index < -0.39 is 0 Å². The summed E-state index contributed by atoms with van der Waals surface area (Å²) >= 11 is 0. The molecule has 0 aliphatic heterocycles. The molecule has 4 nitrogen and oxygen atoms in total. The van der Waals surface area contributed by atoms with Crippen molar-refractivity contribution >= 4 is 17.3 Å². The SMILES string of the molecule is Cc1ccc(O)c(NC(=O)c2cc(C)ccc2N)c1. The van der Waals surface area contributed by atoms with E-state index in [1.54, 1.807) is 30.3 Å². The van der Waals surface area contributed by atoms with E-state index >= 15 is 0 Å². The van der Waals surface area contributed by atoms with Crippen molar-refractivity contribution in [2.24, 2.45) is 0 Å². The lowest BCUT2D eigenvalue weighted by Gasteiger charge is -2.10. The Morgan fingerprint density at radius 3 is 2.47 bits per heavy atom. The molecule has 0 atom stereocenters. The number of amides is 1. The minimum Gasteiger partial charge on any atom is -0.506 e. The lowest BCUT2D eigenvalue weighted by atomic mass is 10.1. The monoisotopic (exact) mass is 256 g/mol. The summed E-state index contributed by atoms with van der Waals surface area (Å²) < 4.78 is 0. The molecule has 98 valence electrons. The summed E-state index contributed by atoms with van der Waals surface area (Å²) in [5.74, 6) is -0.299. The second-order valence-corrected chi connectivity index (χ2v) is 4.57. The van der Waals surface area contributed by atoms with E-state index in [4.69, 9.17) is 5.73 Å².